The Morgan fingerprint density at radius 2 is 1.55 bits per heavy atom. The third kappa shape index (κ3) is 3.09. The summed E-state index contributed by atoms with van der Waals surface area (Å²) >= 11 is 0. The van der Waals surface area contributed by atoms with Crippen LogP contribution in [0.25, 0.3) is 0 Å². The van der Waals surface area contributed by atoms with Gasteiger partial charge in [-0.1, -0.05) is 35.9 Å². The molecule has 102 valence electrons. The van der Waals surface area contributed by atoms with Gasteiger partial charge in [-0.3, -0.25) is 9.59 Å². The van der Waals surface area contributed by atoms with Crippen molar-refractivity contribution in [3.8, 4) is 0 Å². The number of amides is 1. The molecule has 0 aliphatic carbocycles. The minimum atomic E-state index is -0.850. The first-order valence-electron chi connectivity index (χ1n) is 6.16. The van der Waals surface area contributed by atoms with Gasteiger partial charge in [0, 0.05) is 5.56 Å². The van der Waals surface area contributed by atoms with Gasteiger partial charge in [-0.25, -0.2) is 4.39 Å². The summed E-state index contributed by atoms with van der Waals surface area (Å²) in [5.41, 5.74) is 2.01. The van der Waals surface area contributed by atoms with Crippen molar-refractivity contribution in [3.05, 3.63) is 65.0 Å². The fourth-order valence-electron chi connectivity index (χ4n) is 1.74. The molecule has 0 spiro atoms. The van der Waals surface area contributed by atoms with Crippen LogP contribution in [0.1, 0.15) is 21.5 Å². The van der Waals surface area contributed by atoms with Crippen LogP contribution in [0.15, 0.2) is 42.5 Å². The van der Waals surface area contributed by atoms with Gasteiger partial charge in [0.05, 0.1) is 5.69 Å². The van der Waals surface area contributed by atoms with Gasteiger partial charge in [-0.15, -0.1) is 0 Å². The van der Waals surface area contributed by atoms with Gasteiger partial charge in [0.25, 0.3) is 11.7 Å². The Bertz CT molecular complexity index is 663. The zero-order valence-corrected chi connectivity index (χ0v) is 11.2. The Hall–Kier alpha value is -2.49. The number of rotatable bonds is 3. The number of hydrogen-bond acceptors (Lipinski definition) is 2. The van der Waals surface area contributed by atoms with Crippen molar-refractivity contribution in [1.82, 2.24) is 0 Å². The van der Waals surface area contributed by atoms with E-state index in [1.165, 1.54) is 12.1 Å². The summed E-state index contributed by atoms with van der Waals surface area (Å²) in [4.78, 5) is 23.7. The fourth-order valence-corrected chi connectivity index (χ4v) is 1.74. The summed E-state index contributed by atoms with van der Waals surface area (Å²) in [5.74, 6) is -2.10. The predicted octanol–water partition coefficient (Wildman–Crippen LogP) is 3.26. The molecule has 0 radical (unpaired) electrons. The second-order valence-corrected chi connectivity index (χ2v) is 4.63. The van der Waals surface area contributed by atoms with Gasteiger partial charge in [-0.2, -0.15) is 0 Å². The Balaban J connectivity index is 2.15. The van der Waals surface area contributed by atoms with Crippen molar-refractivity contribution in [2.45, 2.75) is 13.8 Å². The Morgan fingerprint density at radius 3 is 2.15 bits per heavy atom. The number of carbonyl (C=O) groups is 2. The van der Waals surface area contributed by atoms with Crippen molar-refractivity contribution in [2.75, 3.05) is 5.32 Å². The number of carbonyl (C=O) groups excluding carboxylic acids is 2. The Kier molecular flexibility index (Phi) is 3.94. The minimum Gasteiger partial charge on any atom is -0.317 e. The molecule has 0 saturated heterocycles. The molecule has 2 rings (SSSR count). The molecule has 3 nitrogen and oxygen atoms in total. The summed E-state index contributed by atoms with van der Waals surface area (Å²) < 4.78 is 13.6. The van der Waals surface area contributed by atoms with E-state index < -0.39 is 17.5 Å². The van der Waals surface area contributed by atoms with Crippen LogP contribution in [0.4, 0.5) is 10.1 Å². The summed E-state index contributed by atoms with van der Waals surface area (Å²) in [6.07, 6.45) is 0. The average Bonchev–Trinajstić information content (AvgIpc) is 2.42. The molecule has 2 aromatic carbocycles. The van der Waals surface area contributed by atoms with Crippen LogP contribution in [0.3, 0.4) is 0 Å². The predicted molar refractivity (Wildman–Crippen MR) is 75.3 cm³/mol. The van der Waals surface area contributed by atoms with Crippen LogP contribution < -0.4 is 5.32 Å². The van der Waals surface area contributed by atoms with Gasteiger partial charge < -0.3 is 5.32 Å². The van der Waals surface area contributed by atoms with Gasteiger partial charge >= 0.3 is 0 Å². The molecule has 0 bridgehead atoms. The fraction of sp³-hybridized carbons (Fsp3) is 0.125. The quantitative estimate of drug-likeness (QED) is 0.688. The van der Waals surface area contributed by atoms with Gasteiger partial charge in [-0.05, 0) is 31.5 Å². The van der Waals surface area contributed by atoms with Gasteiger partial charge in [0.15, 0.2) is 0 Å². The minimum absolute atomic E-state index is 0.000983. The smallest absolute Gasteiger partial charge is 0.296 e. The lowest BCUT2D eigenvalue weighted by molar-refractivity contribution is -0.112. The molecule has 20 heavy (non-hydrogen) atoms. The molecular formula is C16H14FNO2. The number of aryl methyl sites for hydroxylation is 2. The van der Waals surface area contributed by atoms with Crippen molar-refractivity contribution in [2.24, 2.45) is 0 Å². The molecule has 0 heterocycles. The number of Topliss-reactive ketones (excluding diaryl/α,β-unsaturated/α-hetero) is 1. The molecule has 4 heteroatoms. The lowest BCUT2D eigenvalue weighted by Crippen LogP contribution is -2.23. The van der Waals surface area contributed by atoms with E-state index in [1.807, 2.05) is 6.92 Å². The molecule has 0 atom stereocenters. The van der Waals surface area contributed by atoms with Crippen molar-refractivity contribution < 1.29 is 14.0 Å². The summed E-state index contributed by atoms with van der Waals surface area (Å²) in [6.45, 7) is 3.63. The largest absolute Gasteiger partial charge is 0.317 e. The Morgan fingerprint density at radius 1 is 0.950 bits per heavy atom. The Labute approximate surface area is 116 Å². The molecular weight excluding hydrogens is 257 g/mol. The number of hydrogen-bond donors (Lipinski definition) is 1. The van der Waals surface area contributed by atoms with E-state index in [2.05, 4.69) is 5.32 Å². The molecule has 0 saturated carbocycles. The number of ketones is 1. The zero-order valence-electron chi connectivity index (χ0n) is 11.2. The van der Waals surface area contributed by atoms with E-state index in [1.54, 1.807) is 37.3 Å². The van der Waals surface area contributed by atoms with E-state index in [-0.39, 0.29) is 11.3 Å². The van der Waals surface area contributed by atoms with Gasteiger partial charge in [0.2, 0.25) is 0 Å². The van der Waals surface area contributed by atoms with Crippen LogP contribution in [0, 0.1) is 19.7 Å². The molecule has 0 unspecified atom stereocenters. The molecule has 0 aromatic heterocycles. The number of nitrogens with one attached hydrogen (secondary N) is 1. The molecule has 0 fully saturated rings. The number of anilines is 1. The monoisotopic (exact) mass is 271 g/mol. The van der Waals surface area contributed by atoms with E-state index >= 15 is 0 Å². The zero-order chi connectivity index (χ0) is 14.7. The summed E-state index contributed by atoms with van der Waals surface area (Å²) in [6, 6.07) is 11.0. The van der Waals surface area contributed by atoms with Crippen molar-refractivity contribution in [3.63, 3.8) is 0 Å². The summed E-state index contributed by atoms with van der Waals surface area (Å²) in [5, 5.41) is 2.29. The van der Waals surface area contributed by atoms with Gasteiger partial charge in [0.1, 0.15) is 5.82 Å². The molecule has 2 aromatic rings. The highest BCUT2D eigenvalue weighted by atomic mass is 19.1. The van der Waals surface area contributed by atoms with E-state index in [0.29, 0.717) is 0 Å². The van der Waals surface area contributed by atoms with Crippen LogP contribution in [0.2, 0.25) is 0 Å². The number of halogens is 1. The molecule has 0 aliphatic rings. The highest BCUT2D eigenvalue weighted by molar-refractivity contribution is 6.46. The lowest BCUT2D eigenvalue weighted by Gasteiger charge is -2.06. The highest BCUT2D eigenvalue weighted by Gasteiger charge is 2.17. The van der Waals surface area contributed by atoms with E-state index in [0.717, 1.165) is 11.1 Å². The maximum Gasteiger partial charge on any atom is 0.296 e. The SMILES string of the molecule is Cc1ccc(C(=O)C(=O)Nc2ccc(C)cc2F)cc1. The van der Waals surface area contributed by atoms with Crippen LogP contribution in [-0.2, 0) is 4.79 Å². The second kappa shape index (κ2) is 5.65. The van der Waals surface area contributed by atoms with Crippen LogP contribution >= 0.6 is 0 Å². The van der Waals surface area contributed by atoms with Crippen molar-refractivity contribution in [1.29, 1.82) is 0 Å². The van der Waals surface area contributed by atoms with E-state index in [4.69, 9.17) is 0 Å². The first kappa shape index (κ1) is 13.9. The third-order valence-corrected chi connectivity index (χ3v) is 2.89. The molecule has 1 amide bonds. The lowest BCUT2D eigenvalue weighted by atomic mass is 10.1. The van der Waals surface area contributed by atoms with E-state index in [9.17, 15) is 14.0 Å². The first-order chi connectivity index (χ1) is 9.47. The van der Waals surface area contributed by atoms with Crippen molar-refractivity contribution >= 4 is 17.4 Å². The normalized spacial score (nSPS) is 10.2. The topological polar surface area (TPSA) is 46.2 Å². The van der Waals surface area contributed by atoms with Crippen LogP contribution in [0.5, 0.6) is 0 Å². The highest BCUT2D eigenvalue weighted by Crippen LogP contribution is 2.15. The third-order valence-electron chi connectivity index (χ3n) is 2.89. The number of benzene rings is 2. The summed E-state index contributed by atoms with van der Waals surface area (Å²) in [7, 11) is 0. The maximum atomic E-state index is 13.6. The first-order valence-corrected chi connectivity index (χ1v) is 6.16. The van der Waals surface area contributed by atoms with Crippen LogP contribution in [-0.4, -0.2) is 11.7 Å². The molecule has 0 aliphatic heterocycles. The maximum absolute atomic E-state index is 13.6. The standard InChI is InChI=1S/C16H14FNO2/c1-10-3-6-12(7-4-10)15(19)16(20)18-14-8-5-11(2)9-13(14)17/h3-9H,1-2H3,(H,18,20). The average molecular weight is 271 g/mol. The second-order valence-electron chi connectivity index (χ2n) is 4.63. The molecule has 1 N–H and O–H groups in total.